The lowest BCUT2D eigenvalue weighted by atomic mass is 9.95. The van der Waals surface area contributed by atoms with Gasteiger partial charge in [-0.3, -0.25) is 19.4 Å². The van der Waals surface area contributed by atoms with Gasteiger partial charge in [0.05, 0.1) is 13.1 Å². The van der Waals surface area contributed by atoms with Gasteiger partial charge in [-0.15, -0.1) is 0 Å². The number of esters is 2. The van der Waals surface area contributed by atoms with Gasteiger partial charge in [0.2, 0.25) is 0 Å². The predicted molar refractivity (Wildman–Crippen MR) is 189 cm³/mol. The maximum atomic E-state index is 12.9. The fraction of sp³-hybridized carbons (Fsp3) is 0.487. The van der Waals surface area contributed by atoms with Gasteiger partial charge in [-0.1, -0.05) is 70.9 Å². The van der Waals surface area contributed by atoms with Crippen molar-refractivity contribution in [2.75, 3.05) is 41.3 Å². The highest BCUT2D eigenvalue weighted by Gasteiger charge is 2.22. The lowest BCUT2D eigenvalue weighted by Crippen LogP contribution is -2.27. The van der Waals surface area contributed by atoms with E-state index in [4.69, 9.17) is 9.47 Å². The average molecular weight is 617 g/mol. The molecule has 0 aliphatic rings. The molecular weight excluding hydrogens is 560 g/mol. The summed E-state index contributed by atoms with van der Waals surface area (Å²) in [5.41, 5.74) is 7.18. The lowest BCUT2D eigenvalue weighted by Gasteiger charge is -2.20. The van der Waals surface area contributed by atoms with Crippen LogP contribution in [-0.4, -0.2) is 63.0 Å². The van der Waals surface area contributed by atoms with E-state index in [1.54, 1.807) is 9.80 Å². The molecule has 0 aliphatic heterocycles. The number of hydrogen-bond acceptors (Lipinski definition) is 6. The summed E-state index contributed by atoms with van der Waals surface area (Å²) in [7, 11) is 7.35. The molecule has 6 heteroatoms. The van der Waals surface area contributed by atoms with Gasteiger partial charge in [-0.25, -0.2) is 0 Å². The van der Waals surface area contributed by atoms with Crippen molar-refractivity contribution in [1.82, 2.24) is 9.80 Å². The molecule has 0 amide bonds. The molecular formula is C39H56N2O4. The second-order valence-electron chi connectivity index (χ2n) is 13.0. The molecule has 0 radical (unpaired) electrons. The minimum Gasteiger partial charge on any atom is -0.425 e. The van der Waals surface area contributed by atoms with Crippen LogP contribution in [-0.2, 0) is 16.0 Å². The number of likely N-dealkylation sites (N-methyl/N-ethyl adjacent to an activating group) is 2. The Morgan fingerprint density at radius 1 is 0.644 bits per heavy atom. The SMILES string of the molecule is CC(C)=CCC/C(C)=C/CC/C(C)=C/CC/C(C)=C/Cc1c(C)c(OC(=O)CN(C)C)c2ccccc2c1OC(=O)CN(C)C. The van der Waals surface area contributed by atoms with Crippen LogP contribution in [0.1, 0.15) is 84.3 Å². The number of ether oxygens (including phenoxy) is 2. The molecule has 2 aromatic carbocycles. The smallest absolute Gasteiger partial charge is 0.325 e. The van der Waals surface area contributed by atoms with Gasteiger partial charge in [-0.2, -0.15) is 0 Å². The maximum Gasteiger partial charge on any atom is 0.325 e. The molecule has 0 aromatic heterocycles. The van der Waals surface area contributed by atoms with Gasteiger partial charge in [0.1, 0.15) is 11.5 Å². The third-order valence-corrected chi connectivity index (χ3v) is 7.61. The highest BCUT2D eigenvalue weighted by Crippen LogP contribution is 2.41. The van der Waals surface area contributed by atoms with Crippen LogP contribution in [0.25, 0.3) is 10.8 Å². The topological polar surface area (TPSA) is 59.1 Å². The number of nitrogens with zero attached hydrogens (tertiary/aromatic N) is 2. The molecule has 0 unspecified atom stereocenters. The van der Waals surface area contributed by atoms with Crippen molar-refractivity contribution in [2.24, 2.45) is 0 Å². The number of hydrogen-bond donors (Lipinski definition) is 0. The van der Waals surface area contributed by atoms with Crippen molar-refractivity contribution in [3.8, 4) is 11.5 Å². The summed E-state index contributed by atoms with van der Waals surface area (Å²) in [6.45, 7) is 13.2. The highest BCUT2D eigenvalue weighted by molar-refractivity contribution is 5.99. The Morgan fingerprint density at radius 3 is 1.53 bits per heavy atom. The second kappa shape index (κ2) is 19.1. The van der Waals surface area contributed by atoms with E-state index in [1.165, 1.54) is 22.3 Å². The Bertz CT molecular complexity index is 1420. The van der Waals surface area contributed by atoms with Crippen molar-refractivity contribution < 1.29 is 19.1 Å². The summed E-state index contributed by atoms with van der Waals surface area (Å²) in [6, 6.07) is 7.64. The molecule has 2 rings (SSSR count). The van der Waals surface area contributed by atoms with Crippen molar-refractivity contribution >= 4 is 22.7 Å². The van der Waals surface area contributed by atoms with E-state index in [9.17, 15) is 9.59 Å². The Labute approximate surface area is 272 Å². The second-order valence-corrected chi connectivity index (χ2v) is 13.0. The monoisotopic (exact) mass is 616 g/mol. The number of fused-ring (bicyclic) bond motifs is 1. The quantitative estimate of drug-likeness (QED) is 0.101. The van der Waals surface area contributed by atoms with Crippen LogP contribution in [0.5, 0.6) is 11.5 Å². The summed E-state index contributed by atoms with van der Waals surface area (Å²) in [6.07, 6.45) is 16.1. The summed E-state index contributed by atoms with van der Waals surface area (Å²) in [5, 5.41) is 1.50. The first-order valence-electron chi connectivity index (χ1n) is 16.1. The van der Waals surface area contributed by atoms with Crippen LogP contribution in [0, 0.1) is 6.92 Å². The standard InChI is InChI=1S/C39H56N2O4/c1-28(2)16-13-17-29(3)18-14-19-30(4)20-15-21-31(5)24-25-33-32(6)38(44-36(42)26-40(7)8)34-22-11-12-23-35(34)39(33)45-37(43)27-41(9)10/h11-12,16,18,20,22-24H,13-15,17,19,21,25-27H2,1-10H3/b29-18+,30-20+,31-24+. The molecule has 6 nitrogen and oxygen atoms in total. The Hall–Kier alpha value is -3.48. The zero-order chi connectivity index (χ0) is 33.5. The number of benzene rings is 2. The van der Waals surface area contributed by atoms with Crippen molar-refractivity contribution in [3.63, 3.8) is 0 Å². The first kappa shape index (κ1) is 37.7. The number of allylic oxidation sites excluding steroid dienone is 8. The van der Waals surface area contributed by atoms with E-state index in [2.05, 4.69) is 58.9 Å². The zero-order valence-electron chi connectivity index (χ0n) is 29.5. The lowest BCUT2D eigenvalue weighted by molar-refractivity contribution is -0.136. The summed E-state index contributed by atoms with van der Waals surface area (Å²) in [5.74, 6) is 0.388. The first-order chi connectivity index (χ1) is 21.3. The van der Waals surface area contributed by atoms with Crippen LogP contribution >= 0.6 is 0 Å². The molecule has 0 fully saturated rings. The van der Waals surface area contributed by atoms with Crippen LogP contribution in [0.4, 0.5) is 0 Å². The molecule has 2 aromatic rings. The number of carbonyl (C=O) groups excluding carboxylic acids is 2. The van der Waals surface area contributed by atoms with Gasteiger partial charge < -0.3 is 9.47 Å². The summed E-state index contributed by atoms with van der Waals surface area (Å²) < 4.78 is 12.0. The highest BCUT2D eigenvalue weighted by atomic mass is 16.5. The molecule has 0 saturated carbocycles. The third-order valence-electron chi connectivity index (χ3n) is 7.61. The number of carbonyl (C=O) groups is 2. The molecule has 0 bridgehead atoms. The van der Waals surface area contributed by atoms with Crippen LogP contribution in [0.15, 0.2) is 70.9 Å². The van der Waals surface area contributed by atoms with E-state index in [-0.39, 0.29) is 25.0 Å². The van der Waals surface area contributed by atoms with Crippen LogP contribution in [0.2, 0.25) is 0 Å². The molecule has 0 aliphatic carbocycles. The zero-order valence-corrected chi connectivity index (χ0v) is 29.5. The maximum absolute atomic E-state index is 12.9. The summed E-state index contributed by atoms with van der Waals surface area (Å²) in [4.78, 5) is 29.2. The fourth-order valence-electron chi connectivity index (χ4n) is 5.12. The molecule has 0 N–H and O–H groups in total. The largest absolute Gasteiger partial charge is 0.425 e. The van der Waals surface area contributed by atoms with E-state index in [0.29, 0.717) is 17.9 Å². The van der Waals surface area contributed by atoms with Crippen LogP contribution in [0.3, 0.4) is 0 Å². The average Bonchev–Trinajstić information content (AvgIpc) is 2.93. The van der Waals surface area contributed by atoms with E-state index in [1.807, 2.05) is 59.4 Å². The van der Waals surface area contributed by atoms with Gasteiger partial charge in [0, 0.05) is 16.3 Å². The molecule has 45 heavy (non-hydrogen) atoms. The molecule has 246 valence electrons. The normalized spacial score (nSPS) is 12.7. The first-order valence-corrected chi connectivity index (χ1v) is 16.1. The Kier molecular flexibility index (Phi) is 16.0. The summed E-state index contributed by atoms with van der Waals surface area (Å²) >= 11 is 0. The van der Waals surface area contributed by atoms with E-state index < -0.39 is 0 Å². The molecule has 0 saturated heterocycles. The fourth-order valence-corrected chi connectivity index (χ4v) is 5.12. The number of rotatable bonds is 17. The van der Waals surface area contributed by atoms with Gasteiger partial charge in [-0.05, 0) is 120 Å². The van der Waals surface area contributed by atoms with Crippen molar-refractivity contribution in [3.05, 3.63) is 82.0 Å². The van der Waals surface area contributed by atoms with Gasteiger partial charge in [0.15, 0.2) is 0 Å². The Balaban J connectivity index is 2.25. The van der Waals surface area contributed by atoms with Crippen molar-refractivity contribution in [1.29, 1.82) is 0 Å². The minimum atomic E-state index is -0.334. The third kappa shape index (κ3) is 13.6. The van der Waals surface area contributed by atoms with Gasteiger partial charge in [0.25, 0.3) is 0 Å². The van der Waals surface area contributed by atoms with Gasteiger partial charge >= 0.3 is 11.9 Å². The van der Waals surface area contributed by atoms with Crippen LogP contribution < -0.4 is 9.47 Å². The van der Waals surface area contributed by atoms with E-state index in [0.717, 1.165) is 60.4 Å². The van der Waals surface area contributed by atoms with E-state index >= 15 is 0 Å². The predicted octanol–water partition coefficient (Wildman–Crippen LogP) is 8.77. The minimum absolute atomic E-state index is 0.165. The molecule has 0 spiro atoms. The molecule has 0 heterocycles. The Morgan fingerprint density at radius 2 is 1.07 bits per heavy atom. The van der Waals surface area contributed by atoms with Crippen molar-refractivity contribution in [2.45, 2.75) is 86.5 Å². The molecule has 0 atom stereocenters.